The standard InChI is InChI=1S/C58H37N/c1-2-16-46(17-3-1)59-57-25-13-12-24-53(57)56-35-40(30-31-58(56)59)38-26-28-39(29-27-38)43-32-44(54-36-41-14-4-6-18-47(41)49-20-8-10-22-51(49)54)34-45(33-43)55-37-42-15-5-7-19-48(42)50-21-9-11-23-52(50)55/h1-37H. The van der Waals surface area contributed by atoms with Crippen molar-refractivity contribution in [3.63, 3.8) is 0 Å². The van der Waals surface area contributed by atoms with Crippen LogP contribution >= 0.6 is 0 Å². The highest BCUT2D eigenvalue weighted by molar-refractivity contribution is 6.16. The summed E-state index contributed by atoms with van der Waals surface area (Å²) in [6.07, 6.45) is 0. The fourth-order valence-corrected chi connectivity index (χ4v) is 9.55. The van der Waals surface area contributed by atoms with Crippen LogP contribution in [0.25, 0.3) is 115 Å². The fourth-order valence-electron chi connectivity index (χ4n) is 9.55. The number of benzene rings is 11. The van der Waals surface area contributed by atoms with Gasteiger partial charge in [-0.15, -0.1) is 0 Å². The lowest BCUT2D eigenvalue weighted by atomic mass is 9.87. The van der Waals surface area contributed by atoms with Crippen molar-refractivity contribution in [2.75, 3.05) is 0 Å². The Morgan fingerprint density at radius 3 is 1.24 bits per heavy atom. The van der Waals surface area contributed by atoms with Crippen LogP contribution in [0.4, 0.5) is 0 Å². The summed E-state index contributed by atoms with van der Waals surface area (Å²) in [4.78, 5) is 0. The van der Waals surface area contributed by atoms with Gasteiger partial charge in [0.2, 0.25) is 0 Å². The van der Waals surface area contributed by atoms with Crippen LogP contribution in [0.3, 0.4) is 0 Å². The van der Waals surface area contributed by atoms with Crippen LogP contribution < -0.4 is 0 Å². The summed E-state index contributed by atoms with van der Waals surface area (Å²) in [5.74, 6) is 0. The van der Waals surface area contributed by atoms with Gasteiger partial charge in [-0.3, -0.25) is 0 Å². The Kier molecular flexibility index (Phi) is 7.61. The van der Waals surface area contributed by atoms with Crippen LogP contribution in [0.2, 0.25) is 0 Å². The minimum atomic E-state index is 1.17. The van der Waals surface area contributed by atoms with Gasteiger partial charge in [0.1, 0.15) is 0 Å². The predicted molar refractivity (Wildman–Crippen MR) is 253 cm³/mol. The Bertz CT molecular complexity index is 3450. The van der Waals surface area contributed by atoms with Gasteiger partial charge in [0, 0.05) is 16.5 Å². The number of rotatable bonds is 5. The summed E-state index contributed by atoms with van der Waals surface area (Å²) in [6.45, 7) is 0. The molecular weight excluding hydrogens is 711 g/mol. The van der Waals surface area contributed by atoms with Gasteiger partial charge in [-0.25, -0.2) is 0 Å². The van der Waals surface area contributed by atoms with Crippen molar-refractivity contribution in [1.82, 2.24) is 4.57 Å². The van der Waals surface area contributed by atoms with E-state index in [1.165, 1.54) is 115 Å². The van der Waals surface area contributed by atoms with Crippen LogP contribution in [0, 0.1) is 0 Å². The van der Waals surface area contributed by atoms with E-state index in [4.69, 9.17) is 0 Å². The molecule has 59 heavy (non-hydrogen) atoms. The summed E-state index contributed by atoms with van der Waals surface area (Å²) in [5.41, 5.74) is 13.3. The molecule has 0 saturated carbocycles. The molecule has 11 aromatic carbocycles. The lowest BCUT2D eigenvalue weighted by molar-refractivity contribution is 1.18. The zero-order chi connectivity index (χ0) is 38.9. The Morgan fingerprint density at radius 2 is 0.644 bits per heavy atom. The first-order valence-electron chi connectivity index (χ1n) is 20.4. The maximum atomic E-state index is 2.41. The minimum Gasteiger partial charge on any atom is -0.309 e. The van der Waals surface area contributed by atoms with Crippen molar-refractivity contribution >= 4 is 64.9 Å². The molecule has 0 atom stereocenters. The van der Waals surface area contributed by atoms with E-state index in [9.17, 15) is 0 Å². The smallest absolute Gasteiger partial charge is 0.0541 e. The van der Waals surface area contributed by atoms with Crippen LogP contribution in [0.15, 0.2) is 224 Å². The van der Waals surface area contributed by atoms with Crippen LogP contribution in [-0.4, -0.2) is 4.57 Å². The molecular formula is C58H37N. The lowest BCUT2D eigenvalue weighted by Gasteiger charge is -2.17. The van der Waals surface area contributed by atoms with Gasteiger partial charge in [0.05, 0.1) is 11.0 Å². The largest absolute Gasteiger partial charge is 0.309 e. The highest BCUT2D eigenvalue weighted by Gasteiger charge is 2.16. The first-order chi connectivity index (χ1) is 29.2. The Balaban J connectivity index is 1.04. The maximum Gasteiger partial charge on any atom is 0.0541 e. The Hall–Kier alpha value is -7.74. The second-order valence-electron chi connectivity index (χ2n) is 15.7. The first kappa shape index (κ1) is 33.4. The molecule has 1 nitrogen and oxygen atoms in total. The van der Waals surface area contributed by atoms with E-state index in [0.29, 0.717) is 0 Å². The van der Waals surface area contributed by atoms with Crippen LogP contribution in [0.1, 0.15) is 0 Å². The number of hydrogen-bond acceptors (Lipinski definition) is 0. The van der Waals surface area contributed by atoms with Crippen molar-refractivity contribution in [3.8, 4) is 50.2 Å². The summed E-state index contributed by atoms with van der Waals surface area (Å²) in [7, 11) is 0. The molecule has 1 heterocycles. The summed E-state index contributed by atoms with van der Waals surface area (Å²) in [5, 5.41) is 12.6. The molecule has 0 amide bonds. The average Bonchev–Trinajstić information content (AvgIpc) is 3.65. The van der Waals surface area contributed by atoms with Gasteiger partial charge >= 0.3 is 0 Å². The fraction of sp³-hybridized carbons (Fsp3) is 0. The van der Waals surface area contributed by atoms with E-state index in [2.05, 4.69) is 229 Å². The average molecular weight is 748 g/mol. The summed E-state index contributed by atoms with van der Waals surface area (Å²) >= 11 is 0. The van der Waals surface area contributed by atoms with E-state index < -0.39 is 0 Å². The molecule has 12 aromatic rings. The summed E-state index contributed by atoms with van der Waals surface area (Å²) < 4.78 is 2.37. The monoisotopic (exact) mass is 747 g/mol. The Morgan fingerprint density at radius 1 is 0.220 bits per heavy atom. The third-order valence-corrected chi connectivity index (χ3v) is 12.3. The van der Waals surface area contributed by atoms with Gasteiger partial charge in [-0.05, 0) is 148 Å². The molecule has 0 radical (unpaired) electrons. The number of fused-ring (bicyclic) bond motifs is 9. The zero-order valence-corrected chi connectivity index (χ0v) is 32.3. The number of nitrogens with zero attached hydrogens (tertiary/aromatic N) is 1. The van der Waals surface area contributed by atoms with Crippen LogP contribution in [-0.2, 0) is 0 Å². The van der Waals surface area contributed by atoms with Crippen LogP contribution in [0.5, 0.6) is 0 Å². The van der Waals surface area contributed by atoms with Crippen molar-refractivity contribution in [2.45, 2.75) is 0 Å². The molecule has 0 saturated heterocycles. The molecule has 0 aliphatic heterocycles. The molecule has 0 bridgehead atoms. The van der Waals surface area contributed by atoms with E-state index in [1.54, 1.807) is 0 Å². The molecule has 0 aliphatic carbocycles. The van der Waals surface area contributed by atoms with E-state index >= 15 is 0 Å². The Labute approximate surface area is 342 Å². The van der Waals surface area contributed by atoms with Gasteiger partial charge in [-0.1, -0.05) is 164 Å². The highest BCUT2D eigenvalue weighted by atomic mass is 15.0. The maximum absolute atomic E-state index is 2.41. The highest BCUT2D eigenvalue weighted by Crippen LogP contribution is 2.42. The molecule has 274 valence electrons. The number of hydrogen-bond donors (Lipinski definition) is 0. The molecule has 0 fully saturated rings. The van der Waals surface area contributed by atoms with E-state index in [-0.39, 0.29) is 0 Å². The molecule has 0 spiro atoms. The molecule has 1 aromatic heterocycles. The van der Waals surface area contributed by atoms with Gasteiger partial charge < -0.3 is 4.57 Å². The lowest BCUT2D eigenvalue weighted by Crippen LogP contribution is -1.92. The van der Waals surface area contributed by atoms with Gasteiger partial charge in [0.25, 0.3) is 0 Å². The molecule has 0 unspecified atom stereocenters. The van der Waals surface area contributed by atoms with Crippen molar-refractivity contribution in [3.05, 3.63) is 224 Å². The van der Waals surface area contributed by atoms with E-state index in [0.717, 1.165) is 0 Å². The second-order valence-corrected chi connectivity index (χ2v) is 15.7. The number of aromatic nitrogens is 1. The van der Waals surface area contributed by atoms with Gasteiger partial charge in [0.15, 0.2) is 0 Å². The zero-order valence-electron chi connectivity index (χ0n) is 32.3. The molecule has 0 aliphatic rings. The van der Waals surface area contributed by atoms with Crippen molar-refractivity contribution in [1.29, 1.82) is 0 Å². The molecule has 0 N–H and O–H groups in total. The topological polar surface area (TPSA) is 4.93 Å². The normalized spacial score (nSPS) is 11.7. The quantitative estimate of drug-likeness (QED) is 0.155. The SMILES string of the molecule is c1ccc(-n2c3ccccc3c3cc(-c4ccc(-c5cc(-c6cc7ccccc7c7ccccc67)cc(-c6cc7ccccc7c7ccccc67)c5)cc4)ccc32)cc1. The molecule has 1 heteroatoms. The van der Waals surface area contributed by atoms with Crippen molar-refractivity contribution < 1.29 is 0 Å². The molecule has 12 rings (SSSR count). The predicted octanol–water partition coefficient (Wildman–Crippen LogP) is 16.1. The number of para-hydroxylation sites is 2. The van der Waals surface area contributed by atoms with Crippen molar-refractivity contribution in [2.24, 2.45) is 0 Å². The second kappa shape index (κ2) is 13.4. The minimum absolute atomic E-state index is 1.17. The third kappa shape index (κ3) is 5.47. The summed E-state index contributed by atoms with van der Waals surface area (Å²) in [6, 6.07) is 82.7. The van der Waals surface area contributed by atoms with E-state index in [1.807, 2.05) is 0 Å². The first-order valence-corrected chi connectivity index (χ1v) is 20.4. The third-order valence-electron chi connectivity index (χ3n) is 12.3. The van der Waals surface area contributed by atoms with Gasteiger partial charge in [-0.2, -0.15) is 0 Å².